The van der Waals surface area contributed by atoms with Crippen molar-refractivity contribution in [1.82, 2.24) is 0 Å². The molecule has 6 nitrogen and oxygen atoms in total. The Bertz CT molecular complexity index is 845. The fourth-order valence-corrected chi connectivity index (χ4v) is 4.48. The molecule has 1 aromatic heterocycles. The number of aliphatic carboxylic acids is 1. The minimum Gasteiger partial charge on any atom is -0.550 e. The second kappa shape index (κ2) is 8.35. The molecule has 0 spiro atoms. The van der Waals surface area contributed by atoms with Crippen molar-refractivity contribution < 1.29 is 24.2 Å². The molecular weight excluding hydrogens is 366 g/mol. The fraction of sp³-hybridized carbons (Fsp3) is 0.350. The maximum Gasteiger partial charge on any atom is 0.341 e. The highest BCUT2D eigenvalue weighted by Gasteiger charge is 2.33. The van der Waals surface area contributed by atoms with Crippen LogP contribution in [0.2, 0.25) is 0 Å². The van der Waals surface area contributed by atoms with E-state index in [0.29, 0.717) is 23.4 Å². The highest BCUT2D eigenvalue weighted by molar-refractivity contribution is 7.15. The summed E-state index contributed by atoms with van der Waals surface area (Å²) in [5, 5.41) is 16.3. The van der Waals surface area contributed by atoms with Crippen LogP contribution in [0.3, 0.4) is 0 Å². The molecule has 1 N–H and O–H groups in total. The number of methoxy groups -OCH3 is 1. The topological polar surface area (TPSA) is 95.5 Å². The van der Waals surface area contributed by atoms with Gasteiger partial charge in [-0.05, 0) is 18.4 Å². The van der Waals surface area contributed by atoms with Gasteiger partial charge in [0.25, 0.3) is 0 Å². The number of hydrogen-bond acceptors (Lipinski definition) is 6. The van der Waals surface area contributed by atoms with Crippen molar-refractivity contribution in [3.8, 4) is 11.1 Å². The van der Waals surface area contributed by atoms with Crippen molar-refractivity contribution >= 4 is 34.2 Å². The summed E-state index contributed by atoms with van der Waals surface area (Å²) in [6.45, 7) is 0. The van der Waals surface area contributed by atoms with E-state index in [9.17, 15) is 19.5 Å². The lowest BCUT2D eigenvalue weighted by atomic mass is 9.79. The van der Waals surface area contributed by atoms with Gasteiger partial charge in [0.15, 0.2) is 0 Å². The van der Waals surface area contributed by atoms with Gasteiger partial charge in [0.2, 0.25) is 5.91 Å². The number of rotatable bonds is 5. The maximum absolute atomic E-state index is 12.7. The quantitative estimate of drug-likeness (QED) is 0.797. The van der Waals surface area contributed by atoms with Gasteiger partial charge in [0, 0.05) is 28.7 Å². The molecule has 0 radical (unpaired) electrons. The smallest absolute Gasteiger partial charge is 0.341 e. The first-order valence-corrected chi connectivity index (χ1v) is 9.67. The molecular formula is C20H20NO5S-. The van der Waals surface area contributed by atoms with Crippen LogP contribution < -0.4 is 10.4 Å². The molecule has 0 aliphatic heterocycles. The van der Waals surface area contributed by atoms with Crippen LogP contribution in [0.1, 0.15) is 36.0 Å². The van der Waals surface area contributed by atoms with Gasteiger partial charge in [0.05, 0.1) is 7.11 Å². The lowest BCUT2D eigenvalue weighted by Crippen LogP contribution is -2.42. The normalized spacial score (nSPS) is 19.3. The average Bonchev–Trinajstić information content (AvgIpc) is 3.11. The third-order valence-electron chi connectivity index (χ3n) is 4.91. The number of carboxylic acids is 1. The Morgan fingerprint density at radius 1 is 1.11 bits per heavy atom. The van der Waals surface area contributed by atoms with Crippen LogP contribution in [0.5, 0.6) is 0 Å². The molecule has 1 heterocycles. The Balaban J connectivity index is 1.90. The molecule has 1 saturated carbocycles. The minimum absolute atomic E-state index is 0.280. The Kier molecular flexibility index (Phi) is 5.91. The third-order valence-corrected chi connectivity index (χ3v) is 5.80. The SMILES string of the molecule is COC(=O)c1c(-c2ccccc2)csc1NC(=O)[C@H]1CCCC[C@@H]1C(=O)[O-]. The lowest BCUT2D eigenvalue weighted by molar-refractivity contribution is -0.313. The van der Waals surface area contributed by atoms with Crippen molar-refractivity contribution in [2.75, 3.05) is 12.4 Å². The van der Waals surface area contributed by atoms with Crippen LogP contribution in [0, 0.1) is 11.8 Å². The van der Waals surface area contributed by atoms with E-state index < -0.39 is 29.7 Å². The first-order valence-electron chi connectivity index (χ1n) is 8.80. The summed E-state index contributed by atoms with van der Waals surface area (Å²) in [6.07, 6.45) is 2.50. The summed E-state index contributed by atoms with van der Waals surface area (Å²) in [7, 11) is 1.29. The molecule has 7 heteroatoms. The first kappa shape index (κ1) is 19.1. The van der Waals surface area contributed by atoms with E-state index in [1.165, 1.54) is 18.4 Å². The first-order chi connectivity index (χ1) is 13.0. The standard InChI is InChI=1S/C20H21NO5S/c1-26-20(25)16-15(12-7-3-2-4-8-12)11-27-18(16)21-17(22)13-9-5-6-10-14(13)19(23)24/h2-4,7-8,11,13-14H,5-6,9-10H2,1H3,(H,21,22)(H,23,24)/p-1/t13-,14-/m0/s1. The van der Waals surface area contributed by atoms with Gasteiger partial charge in [0.1, 0.15) is 10.6 Å². The fourth-order valence-electron chi connectivity index (χ4n) is 3.52. The van der Waals surface area contributed by atoms with Crippen LogP contribution in [0.15, 0.2) is 35.7 Å². The van der Waals surface area contributed by atoms with Crippen molar-refractivity contribution in [1.29, 1.82) is 0 Å². The molecule has 1 amide bonds. The van der Waals surface area contributed by atoms with Crippen LogP contribution in [-0.2, 0) is 14.3 Å². The van der Waals surface area contributed by atoms with Gasteiger partial charge in [-0.1, -0.05) is 43.2 Å². The lowest BCUT2D eigenvalue weighted by Gasteiger charge is -2.31. The molecule has 2 atom stereocenters. The predicted octanol–water partition coefficient (Wildman–Crippen LogP) is 2.70. The van der Waals surface area contributed by atoms with Gasteiger partial charge >= 0.3 is 5.97 Å². The number of carboxylic acid groups (broad SMARTS) is 1. The number of benzene rings is 1. The molecule has 3 rings (SSSR count). The number of anilines is 1. The summed E-state index contributed by atoms with van der Waals surface area (Å²) in [4.78, 5) is 36.5. The minimum atomic E-state index is -1.20. The van der Waals surface area contributed by atoms with E-state index in [4.69, 9.17) is 4.74 Å². The van der Waals surface area contributed by atoms with Gasteiger partial charge in [-0.15, -0.1) is 11.3 Å². The molecule has 1 fully saturated rings. The van der Waals surface area contributed by atoms with Gasteiger partial charge in [-0.3, -0.25) is 4.79 Å². The molecule has 0 saturated heterocycles. The Morgan fingerprint density at radius 2 is 1.78 bits per heavy atom. The van der Waals surface area contributed by atoms with Gasteiger partial charge in [-0.25, -0.2) is 4.79 Å². The van der Waals surface area contributed by atoms with E-state index in [-0.39, 0.29) is 5.56 Å². The number of nitrogens with one attached hydrogen (secondary N) is 1. The monoisotopic (exact) mass is 386 g/mol. The Morgan fingerprint density at radius 3 is 2.41 bits per heavy atom. The summed E-state index contributed by atoms with van der Waals surface area (Å²) in [5.74, 6) is -3.59. The molecule has 1 aliphatic carbocycles. The third kappa shape index (κ3) is 4.03. The van der Waals surface area contributed by atoms with E-state index in [0.717, 1.165) is 18.4 Å². The molecule has 27 heavy (non-hydrogen) atoms. The van der Waals surface area contributed by atoms with Crippen molar-refractivity contribution in [3.05, 3.63) is 41.3 Å². The number of carbonyl (C=O) groups excluding carboxylic acids is 3. The van der Waals surface area contributed by atoms with Crippen molar-refractivity contribution in [2.45, 2.75) is 25.7 Å². The Labute approximate surface area is 161 Å². The molecule has 1 aliphatic rings. The number of esters is 1. The number of amides is 1. The molecule has 0 unspecified atom stereocenters. The maximum atomic E-state index is 12.7. The van der Waals surface area contributed by atoms with Gasteiger partial charge < -0.3 is 20.0 Å². The van der Waals surface area contributed by atoms with Crippen molar-refractivity contribution in [3.63, 3.8) is 0 Å². The van der Waals surface area contributed by atoms with E-state index in [1.54, 1.807) is 5.38 Å². The number of hydrogen-bond donors (Lipinski definition) is 1. The second-order valence-electron chi connectivity index (χ2n) is 6.52. The van der Waals surface area contributed by atoms with Crippen LogP contribution in [0.4, 0.5) is 5.00 Å². The Hall–Kier alpha value is -2.67. The molecule has 2 aromatic rings. The predicted molar refractivity (Wildman–Crippen MR) is 100 cm³/mol. The highest BCUT2D eigenvalue weighted by Crippen LogP contribution is 2.37. The largest absolute Gasteiger partial charge is 0.550 e. The zero-order chi connectivity index (χ0) is 19.4. The van der Waals surface area contributed by atoms with E-state index >= 15 is 0 Å². The summed E-state index contributed by atoms with van der Waals surface area (Å²) in [6, 6.07) is 9.33. The number of carbonyl (C=O) groups is 3. The highest BCUT2D eigenvalue weighted by atomic mass is 32.1. The summed E-state index contributed by atoms with van der Waals surface area (Å²) in [5.41, 5.74) is 1.78. The van der Waals surface area contributed by atoms with E-state index in [2.05, 4.69) is 5.32 Å². The van der Waals surface area contributed by atoms with Crippen LogP contribution >= 0.6 is 11.3 Å². The zero-order valence-corrected chi connectivity index (χ0v) is 15.7. The number of ether oxygens (including phenoxy) is 1. The molecule has 142 valence electrons. The molecule has 0 bridgehead atoms. The number of thiophene rings is 1. The summed E-state index contributed by atoms with van der Waals surface area (Å²) >= 11 is 1.22. The van der Waals surface area contributed by atoms with E-state index in [1.807, 2.05) is 30.3 Å². The summed E-state index contributed by atoms with van der Waals surface area (Å²) < 4.78 is 4.90. The van der Waals surface area contributed by atoms with Crippen LogP contribution in [0.25, 0.3) is 11.1 Å². The van der Waals surface area contributed by atoms with Crippen molar-refractivity contribution in [2.24, 2.45) is 11.8 Å². The second-order valence-corrected chi connectivity index (χ2v) is 7.40. The van der Waals surface area contributed by atoms with Crippen LogP contribution in [-0.4, -0.2) is 25.0 Å². The van der Waals surface area contributed by atoms with Gasteiger partial charge in [-0.2, -0.15) is 0 Å². The molecule has 1 aromatic carbocycles. The zero-order valence-electron chi connectivity index (χ0n) is 14.9. The average molecular weight is 386 g/mol.